The number of rotatable bonds is 7. The minimum atomic E-state index is -0.383. The third-order valence-electron chi connectivity index (χ3n) is 3.86. The van der Waals surface area contributed by atoms with Crippen molar-refractivity contribution in [3.05, 3.63) is 66.2 Å². The minimum absolute atomic E-state index is 0.352. The first kappa shape index (κ1) is 19.0. The van der Waals surface area contributed by atoms with E-state index in [-0.39, 0.29) is 6.03 Å². The van der Waals surface area contributed by atoms with Crippen molar-refractivity contribution in [3.63, 3.8) is 0 Å². The van der Waals surface area contributed by atoms with E-state index in [0.717, 1.165) is 5.56 Å². The Morgan fingerprint density at radius 2 is 1.57 bits per heavy atom. The molecular formula is C20H21N5O3. The second-order valence-electron chi connectivity index (χ2n) is 5.79. The van der Waals surface area contributed by atoms with Gasteiger partial charge >= 0.3 is 6.03 Å². The average Bonchev–Trinajstić information content (AvgIpc) is 2.73. The number of amides is 2. The van der Waals surface area contributed by atoms with Crippen LogP contribution >= 0.6 is 0 Å². The van der Waals surface area contributed by atoms with Crippen LogP contribution in [0.2, 0.25) is 0 Å². The molecule has 0 aliphatic heterocycles. The second-order valence-corrected chi connectivity index (χ2v) is 5.79. The predicted molar refractivity (Wildman–Crippen MR) is 108 cm³/mol. The number of nitrogens with one attached hydrogen (secondary N) is 3. The summed E-state index contributed by atoms with van der Waals surface area (Å²) in [5.41, 5.74) is 1.70. The Labute approximate surface area is 162 Å². The molecule has 0 aliphatic rings. The Balaban J connectivity index is 1.54. The number of carbonyl (C=O) groups is 1. The van der Waals surface area contributed by atoms with Crippen molar-refractivity contribution in [1.82, 2.24) is 10.2 Å². The maximum atomic E-state index is 12.0. The van der Waals surface area contributed by atoms with Crippen molar-refractivity contribution in [2.45, 2.75) is 6.54 Å². The third-order valence-corrected chi connectivity index (χ3v) is 3.86. The largest absolute Gasteiger partial charge is 0.493 e. The first-order valence-electron chi connectivity index (χ1n) is 8.59. The van der Waals surface area contributed by atoms with Gasteiger partial charge in [0, 0.05) is 12.2 Å². The van der Waals surface area contributed by atoms with Gasteiger partial charge in [-0.1, -0.05) is 24.3 Å². The number of methoxy groups -OCH3 is 2. The van der Waals surface area contributed by atoms with Gasteiger partial charge in [-0.3, -0.25) is 5.32 Å². The zero-order chi connectivity index (χ0) is 19.8. The summed E-state index contributed by atoms with van der Waals surface area (Å²) in [5, 5.41) is 16.6. The summed E-state index contributed by atoms with van der Waals surface area (Å²) in [4.78, 5) is 12.0. The molecule has 0 aliphatic carbocycles. The smallest absolute Gasteiger partial charge is 0.324 e. The molecule has 1 aromatic heterocycles. The van der Waals surface area contributed by atoms with Gasteiger partial charge in [0.2, 0.25) is 0 Å². The van der Waals surface area contributed by atoms with E-state index < -0.39 is 0 Å². The van der Waals surface area contributed by atoms with Crippen LogP contribution in [0.15, 0.2) is 60.7 Å². The molecule has 3 N–H and O–H groups in total. The molecule has 2 aromatic carbocycles. The second kappa shape index (κ2) is 9.22. The lowest BCUT2D eigenvalue weighted by Gasteiger charge is -2.11. The average molecular weight is 379 g/mol. The fourth-order valence-electron chi connectivity index (χ4n) is 2.48. The molecule has 0 saturated carbocycles. The van der Waals surface area contributed by atoms with Crippen molar-refractivity contribution in [3.8, 4) is 11.5 Å². The van der Waals surface area contributed by atoms with E-state index in [1.807, 2.05) is 36.4 Å². The lowest BCUT2D eigenvalue weighted by molar-refractivity contribution is 0.262. The van der Waals surface area contributed by atoms with Gasteiger partial charge in [0.05, 0.1) is 14.2 Å². The van der Waals surface area contributed by atoms with Crippen LogP contribution in [0.25, 0.3) is 0 Å². The van der Waals surface area contributed by atoms with Gasteiger partial charge in [0.1, 0.15) is 5.82 Å². The normalized spacial score (nSPS) is 10.1. The topological polar surface area (TPSA) is 97.4 Å². The molecule has 3 aromatic rings. The molecule has 8 nitrogen and oxygen atoms in total. The van der Waals surface area contributed by atoms with Gasteiger partial charge < -0.3 is 20.1 Å². The van der Waals surface area contributed by atoms with Crippen LogP contribution in [0, 0.1) is 0 Å². The monoisotopic (exact) mass is 379 g/mol. The van der Waals surface area contributed by atoms with Crippen LogP contribution < -0.4 is 25.4 Å². The summed E-state index contributed by atoms with van der Waals surface area (Å²) in [6.07, 6.45) is 0. The highest BCUT2D eigenvalue weighted by Gasteiger charge is 2.06. The van der Waals surface area contributed by atoms with Crippen LogP contribution in [-0.4, -0.2) is 30.4 Å². The summed E-state index contributed by atoms with van der Waals surface area (Å²) >= 11 is 0. The molecule has 0 atom stereocenters. The van der Waals surface area contributed by atoms with E-state index >= 15 is 0 Å². The number of aromatic nitrogens is 2. The first-order chi connectivity index (χ1) is 13.7. The van der Waals surface area contributed by atoms with Gasteiger partial charge in [-0.25, -0.2) is 4.79 Å². The Morgan fingerprint density at radius 3 is 2.25 bits per heavy atom. The Bertz CT molecular complexity index is 917. The molecule has 0 saturated heterocycles. The molecular weight excluding hydrogens is 358 g/mol. The van der Waals surface area contributed by atoms with Crippen LogP contribution in [0.3, 0.4) is 0 Å². The predicted octanol–water partition coefficient (Wildman–Crippen LogP) is 3.75. The minimum Gasteiger partial charge on any atom is -0.493 e. The summed E-state index contributed by atoms with van der Waals surface area (Å²) in [6, 6.07) is 17.9. The molecule has 3 rings (SSSR count). The van der Waals surface area contributed by atoms with Crippen LogP contribution in [0.1, 0.15) is 5.56 Å². The van der Waals surface area contributed by atoms with Gasteiger partial charge in [0.25, 0.3) is 0 Å². The van der Waals surface area contributed by atoms with Crippen molar-refractivity contribution in [2.75, 3.05) is 30.2 Å². The zero-order valence-corrected chi connectivity index (χ0v) is 15.6. The summed E-state index contributed by atoms with van der Waals surface area (Å²) < 4.78 is 10.5. The quantitative estimate of drug-likeness (QED) is 0.578. The third kappa shape index (κ3) is 5.10. The number of para-hydroxylation sites is 1. The van der Waals surface area contributed by atoms with Gasteiger partial charge in [-0.05, 0) is 42.0 Å². The number of anilines is 3. The summed E-state index contributed by atoms with van der Waals surface area (Å²) in [5.74, 6) is 2.28. The van der Waals surface area contributed by atoms with E-state index in [4.69, 9.17) is 9.47 Å². The molecule has 8 heteroatoms. The maximum absolute atomic E-state index is 12.0. The number of hydrogen-bond acceptors (Lipinski definition) is 6. The van der Waals surface area contributed by atoms with E-state index in [0.29, 0.717) is 35.4 Å². The number of ether oxygens (including phenoxy) is 2. The molecule has 0 radical (unpaired) electrons. The molecule has 0 unspecified atom stereocenters. The van der Waals surface area contributed by atoms with E-state index in [1.54, 1.807) is 38.5 Å². The zero-order valence-electron chi connectivity index (χ0n) is 15.6. The number of carbonyl (C=O) groups excluding carboxylic acids is 1. The van der Waals surface area contributed by atoms with Crippen LogP contribution in [0.4, 0.5) is 22.1 Å². The molecule has 0 bridgehead atoms. The SMILES string of the molecule is COc1ccc(CNc2ccc(NC(=O)Nc3ccccc3)nn2)cc1OC. The maximum Gasteiger partial charge on any atom is 0.324 e. The lowest BCUT2D eigenvalue weighted by Crippen LogP contribution is -2.20. The fourth-order valence-corrected chi connectivity index (χ4v) is 2.48. The van der Waals surface area contributed by atoms with Crippen molar-refractivity contribution < 1.29 is 14.3 Å². The van der Waals surface area contributed by atoms with E-state index in [2.05, 4.69) is 26.1 Å². The van der Waals surface area contributed by atoms with Gasteiger partial charge in [0.15, 0.2) is 17.3 Å². The highest BCUT2D eigenvalue weighted by molar-refractivity contribution is 5.99. The van der Waals surface area contributed by atoms with E-state index in [9.17, 15) is 4.79 Å². The Morgan fingerprint density at radius 1 is 0.857 bits per heavy atom. The lowest BCUT2D eigenvalue weighted by atomic mass is 10.2. The summed E-state index contributed by atoms with van der Waals surface area (Å²) in [6.45, 7) is 0.538. The van der Waals surface area contributed by atoms with Crippen molar-refractivity contribution >= 4 is 23.4 Å². The molecule has 0 fully saturated rings. The van der Waals surface area contributed by atoms with Gasteiger partial charge in [-0.15, -0.1) is 10.2 Å². The number of hydrogen-bond donors (Lipinski definition) is 3. The highest BCUT2D eigenvalue weighted by atomic mass is 16.5. The number of benzene rings is 2. The fraction of sp³-hybridized carbons (Fsp3) is 0.150. The van der Waals surface area contributed by atoms with Gasteiger partial charge in [-0.2, -0.15) is 0 Å². The summed E-state index contributed by atoms with van der Waals surface area (Å²) in [7, 11) is 3.20. The molecule has 28 heavy (non-hydrogen) atoms. The molecule has 144 valence electrons. The van der Waals surface area contributed by atoms with Crippen LogP contribution in [0.5, 0.6) is 11.5 Å². The Kier molecular flexibility index (Phi) is 6.25. The first-order valence-corrected chi connectivity index (χ1v) is 8.59. The Hall–Kier alpha value is -3.81. The number of urea groups is 1. The van der Waals surface area contributed by atoms with Crippen molar-refractivity contribution in [2.24, 2.45) is 0 Å². The van der Waals surface area contributed by atoms with E-state index in [1.165, 1.54) is 0 Å². The van der Waals surface area contributed by atoms with Crippen LogP contribution in [-0.2, 0) is 6.54 Å². The molecule has 2 amide bonds. The molecule has 1 heterocycles. The highest BCUT2D eigenvalue weighted by Crippen LogP contribution is 2.27. The standard InChI is InChI=1S/C20H21N5O3/c1-27-16-9-8-14(12-17(16)28-2)13-21-18-10-11-19(25-24-18)23-20(26)22-15-6-4-3-5-7-15/h3-12H,13H2,1-2H3,(H,21,24)(H2,22,23,25,26). The van der Waals surface area contributed by atoms with Crippen molar-refractivity contribution in [1.29, 1.82) is 0 Å². The number of nitrogens with zero attached hydrogens (tertiary/aromatic N) is 2. The molecule has 0 spiro atoms.